The Balaban J connectivity index is 4.18. The van der Waals surface area contributed by atoms with Crippen LogP contribution < -0.4 is 0 Å². The van der Waals surface area contributed by atoms with Gasteiger partial charge in [-0.1, -0.05) is 33.8 Å². The summed E-state index contributed by atoms with van der Waals surface area (Å²) in [5.41, 5.74) is 1.44. The zero-order valence-electron chi connectivity index (χ0n) is 9.72. The molecule has 0 fully saturated rings. The summed E-state index contributed by atoms with van der Waals surface area (Å²) in [7, 11) is 0. The summed E-state index contributed by atoms with van der Waals surface area (Å²) in [6, 6.07) is 0. The first-order valence-corrected chi connectivity index (χ1v) is 5.06. The van der Waals surface area contributed by atoms with E-state index in [-0.39, 0.29) is 5.41 Å². The largest absolute Gasteiger partial charge is 0.293 e. The smallest absolute Gasteiger partial charge is 0.0451 e. The molecule has 0 aromatic rings. The van der Waals surface area contributed by atoms with Crippen molar-refractivity contribution in [3.8, 4) is 0 Å². The van der Waals surface area contributed by atoms with Crippen molar-refractivity contribution in [1.29, 1.82) is 0 Å². The van der Waals surface area contributed by atoms with Crippen molar-refractivity contribution < 1.29 is 0 Å². The highest BCUT2D eigenvalue weighted by molar-refractivity contribution is 5.86. The summed E-state index contributed by atoms with van der Waals surface area (Å²) < 4.78 is 0. The first-order chi connectivity index (χ1) is 5.91. The minimum Gasteiger partial charge on any atom is -0.293 e. The van der Waals surface area contributed by atoms with Crippen molar-refractivity contribution in [2.24, 2.45) is 16.3 Å². The molecule has 0 aliphatic rings. The number of aliphatic imine (C=N–C) groups is 1. The van der Waals surface area contributed by atoms with E-state index in [4.69, 9.17) is 0 Å². The van der Waals surface area contributed by atoms with E-state index >= 15 is 0 Å². The third-order valence-electron chi connectivity index (χ3n) is 2.51. The summed E-state index contributed by atoms with van der Waals surface area (Å²) in [6.07, 6.45) is 3.13. The van der Waals surface area contributed by atoms with Gasteiger partial charge in [0.1, 0.15) is 0 Å². The van der Waals surface area contributed by atoms with Crippen LogP contribution in [-0.4, -0.2) is 12.3 Å². The molecule has 1 unspecified atom stereocenters. The van der Waals surface area contributed by atoms with Gasteiger partial charge in [0.05, 0.1) is 0 Å². The van der Waals surface area contributed by atoms with E-state index in [1.807, 2.05) is 6.08 Å². The Kier molecular flexibility index (Phi) is 4.97. The van der Waals surface area contributed by atoms with Gasteiger partial charge in [0, 0.05) is 12.3 Å². The first-order valence-electron chi connectivity index (χ1n) is 5.06. The number of hydrogen-bond donors (Lipinski definition) is 0. The Morgan fingerprint density at radius 2 is 2.00 bits per heavy atom. The van der Waals surface area contributed by atoms with Gasteiger partial charge in [0.2, 0.25) is 0 Å². The molecular formula is C12H23N. The number of rotatable bonds is 4. The summed E-state index contributed by atoms with van der Waals surface area (Å²) in [6.45, 7) is 15.6. The van der Waals surface area contributed by atoms with Crippen LogP contribution in [0.25, 0.3) is 0 Å². The van der Waals surface area contributed by atoms with E-state index in [0.29, 0.717) is 5.92 Å². The van der Waals surface area contributed by atoms with Crippen molar-refractivity contribution in [2.45, 2.75) is 41.0 Å². The van der Waals surface area contributed by atoms with E-state index in [1.54, 1.807) is 0 Å². The predicted octanol–water partition coefficient (Wildman–Crippen LogP) is 3.71. The normalized spacial score (nSPS) is 15.6. The van der Waals surface area contributed by atoms with Crippen molar-refractivity contribution in [3.63, 3.8) is 0 Å². The molecule has 0 aromatic carbocycles. The van der Waals surface area contributed by atoms with Gasteiger partial charge >= 0.3 is 0 Å². The summed E-state index contributed by atoms with van der Waals surface area (Å²) in [5.74, 6) is 0.539. The van der Waals surface area contributed by atoms with E-state index in [2.05, 4.69) is 46.2 Å². The van der Waals surface area contributed by atoms with Crippen LogP contribution >= 0.6 is 0 Å². The SMILES string of the molecule is C=CC(CC)C/N=C(\C)C(C)(C)C. The van der Waals surface area contributed by atoms with Gasteiger partial charge < -0.3 is 0 Å². The van der Waals surface area contributed by atoms with E-state index in [9.17, 15) is 0 Å². The molecule has 76 valence electrons. The molecule has 0 amide bonds. The molecule has 1 heteroatoms. The highest BCUT2D eigenvalue weighted by atomic mass is 14.7. The Bertz CT molecular complexity index is 184. The topological polar surface area (TPSA) is 12.4 Å². The maximum Gasteiger partial charge on any atom is 0.0451 e. The Labute approximate surface area is 83.0 Å². The second-order valence-electron chi connectivity index (χ2n) is 4.58. The lowest BCUT2D eigenvalue weighted by atomic mass is 9.91. The number of nitrogens with zero attached hydrogens (tertiary/aromatic N) is 1. The van der Waals surface area contributed by atoms with Crippen LogP contribution in [0.5, 0.6) is 0 Å². The average Bonchev–Trinajstić information content (AvgIpc) is 2.04. The fraction of sp³-hybridized carbons (Fsp3) is 0.750. The highest BCUT2D eigenvalue weighted by Crippen LogP contribution is 2.16. The molecule has 0 bridgehead atoms. The van der Waals surface area contributed by atoms with Crippen molar-refractivity contribution >= 4 is 5.71 Å². The lowest BCUT2D eigenvalue weighted by molar-refractivity contribution is 0.574. The third kappa shape index (κ3) is 4.87. The number of hydrogen-bond acceptors (Lipinski definition) is 1. The molecule has 0 spiro atoms. The zero-order valence-corrected chi connectivity index (χ0v) is 9.72. The Morgan fingerprint density at radius 3 is 2.31 bits per heavy atom. The van der Waals surface area contributed by atoms with Crippen molar-refractivity contribution in [2.75, 3.05) is 6.54 Å². The first kappa shape index (κ1) is 12.4. The lowest BCUT2D eigenvalue weighted by Gasteiger charge is -2.18. The molecule has 0 aromatic heterocycles. The molecule has 0 saturated carbocycles. The van der Waals surface area contributed by atoms with Crippen molar-refractivity contribution in [1.82, 2.24) is 0 Å². The Hall–Kier alpha value is -0.590. The van der Waals surface area contributed by atoms with E-state index in [0.717, 1.165) is 13.0 Å². The molecule has 0 heterocycles. The maximum absolute atomic E-state index is 4.58. The molecule has 0 N–H and O–H groups in total. The van der Waals surface area contributed by atoms with Crippen LogP contribution in [0.4, 0.5) is 0 Å². The third-order valence-corrected chi connectivity index (χ3v) is 2.51. The van der Waals surface area contributed by atoms with Gasteiger partial charge in [0.15, 0.2) is 0 Å². The van der Waals surface area contributed by atoms with Crippen LogP contribution in [0.3, 0.4) is 0 Å². The van der Waals surface area contributed by atoms with E-state index < -0.39 is 0 Å². The van der Waals surface area contributed by atoms with Gasteiger partial charge in [-0.2, -0.15) is 0 Å². The fourth-order valence-corrected chi connectivity index (χ4v) is 0.862. The van der Waals surface area contributed by atoms with Crippen LogP contribution in [0.2, 0.25) is 0 Å². The standard InChI is InChI=1S/C12H23N/c1-7-11(8-2)9-13-10(3)12(4,5)6/h7,11H,1,8-9H2,2-6H3/b13-10+. The van der Waals surface area contributed by atoms with Gasteiger partial charge in [-0.15, -0.1) is 6.58 Å². The quantitative estimate of drug-likeness (QED) is 0.463. The molecule has 0 aliphatic carbocycles. The minimum absolute atomic E-state index is 0.208. The van der Waals surface area contributed by atoms with Crippen molar-refractivity contribution in [3.05, 3.63) is 12.7 Å². The summed E-state index contributed by atoms with van der Waals surface area (Å²) in [5, 5.41) is 0. The van der Waals surface area contributed by atoms with E-state index in [1.165, 1.54) is 5.71 Å². The van der Waals surface area contributed by atoms with Crippen LogP contribution in [0, 0.1) is 11.3 Å². The molecule has 13 heavy (non-hydrogen) atoms. The second-order valence-corrected chi connectivity index (χ2v) is 4.58. The minimum atomic E-state index is 0.208. The van der Waals surface area contributed by atoms with Gasteiger partial charge in [0.25, 0.3) is 0 Å². The Morgan fingerprint density at radius 1 is 1.46 bits per heavy atom. The lowest BCUT2D eigenvalue weighted by Crippen LogP contribution is -2.18. The summed E-state index contributed by atoms with van der Waals surface area (Å²) >= 11 is 0. The van der Waals surface area contributed by atoms with Crippen LogP contribution in [0.1, 0.15) is 41.0 Å². The average molecular weight is 181 g/mol. The molecule has 1 atom stereocenters. The van der Waals surface area contributed by atoms with Gasteiger partial charge in [-0.3, -0.25) is 4.99 Å². The van der Waals surface area contributed by atoms with Crippen LogP contribution in [0.15, 0.2) is 17.6 Å². The molecule has 0 radical (unpaired) electrons. The molecule has 1 nitrogen and oxygen atoms in total. The molecule has 0 rings (SSSR count). The molecule has 0 saturated heterocycles. The highest BCUT2D eigenvalue weighted by Gasteiger charge is 2.13. The monoisotopic (exact) mass is 181 g/mol. The fourth-order valence-electron chi connectivity index (χ4n) is 0.862. The molecular weight excluding hydrogens is 158 g/mol. The maximum atomic E-state index is 4.58. The predicted molar refractivity (Wildman–Crippen MR) is 61.4 cm³/mol. The van der Waals surface area contributed by atoms with Gasteiger partial charge in [-0.05, 0) is 24.7 Å². The van der Waals surface area contributed by atoms with Gasteiger partial charge in [-0.25, -0.2) is 0 Å². The van der Waals surface area contributed by atoms with Crippen LogP contribution in [-0.2, 0) is 0 Å². The summed E-state index contributed by atoms with van der Waals surface area (Å²) in [4.78, 5) is 4.58. The second kappa shape index (κ2) is 5.21. The molecule has 0 aliphatic heterocycles. The zero-order chi connectivity index (χ0) is 10.5.